The molecule has 0 fully saturated rings. The summed E-state index contributed by atoms with van der Waals surface area (Å²) in [4.78, 5) is 22.2. The predicted molar refractivity (Wildman–Crippen MR) is 46.8 cm³/mol. The Hall–Kier alpha value is -1.18. The van der Waals surface area contributed by atoms with Crippen molar-refractivity contribution in [1.82, 2.24) is 0 Å². The van der Waals surface area contributed by atoms with Crippen molar-refractivity contribution >= 4 is 11.6 Å². The van der Waals surface area contributed by atoms with Gasteiger partial charge in [-0.05, 0) is 24.5 Å². The van der Waals surface area contributed by atoms with Crippen LogP contribution in [0.5, 0.6) is 0 Å². The van der Waals surface area contributed by atoms with E-state index >= 15 is 0 Å². The van der Waals surface area contributed by atoms with Crippen LogP contribution in [0.1, 0.15) is 26.7 Å². The lowest BCUT2D eigenvalue weighted by Crippen LogP contribution is -2.18. The summed E-state index contributed by atoms with van der Waals surface area (Å²) in [6, 6.07) is 0. The Morgan fingerprint density at radius 3 is 2.25 bits per heavy atom. The normalized spacial score (nSPS) is 17.5. The molecule has 64 valence electrons. The van der Waals surface area contributed by atoms with Crippen LogP contribution in [-0.2, 0) is 9.59 Å². The van der Waals surface area contributed by atoms with Crippen LogP contribution in [0, 0.1) is 0 Å². The molecule has 0 aliphatic heterocycles. The molecule has 0 saturated heterocycles. The van der Waals surface area contributed by atoms with Crippen molar-refractivity contribution in [3.05, 3.63) is 23.3 Å². The molecule has 0 aromatic rings. The van der Waals surface area contributed by atoms with E-state index in [0.717, 1.165) is 12.0 Å². The highest BCUT2D eigenvalue weighted by Crippen LogP contribution is 2.19. The number of allylic oxidation sites excluding steroid dienone is 4. The number of ketones is 2. The molecule has 0 saturated carbocycles. The third-order valence-corrected chi connectivity index (χ3v) is 2.06. The van der Waals surface area contributed by atoms with Crippen molar-refractivity contribution in [2.24, 2.45) is 0 Å². The molecule has 0 unspecified atom stereocenters. The monoisotopic (exact) mass is 164 g/mol. The Morgan fingerprint density at radius 2 is 1.75 bits per heavy atom. The number of carbonyl (C=O) groups is 2. The first kappa shape index (κ1) is 8.91. The number of hydrogen-bond donors (Lipinski definition) is 0. The maximum Gasteiger partial charge on any atom is 0.229 e. The molecule has 0 aromatic heterocycles. The number of carbonyl (C=O) groups excluding carboxylic acids is 2. The van der Waals surface area contributed by atoms with Crippen LogP contribution >= 0.6 is 0 Å². The summed E-state index contributed by atoms with van der Waals surface area (Å²) >= 11 is 0. The lowest BCUT2D eigenvalue weighted by molar-refractivity contribution is -0.131. The summed E-state index contributed by atoms with van der Waals surface area (Å²) in [7, 11) is 0. The fourth-order valence-electron chi connectivity index (χ4n) is 1.37. The summed E-state index contributed by atoms with van der Waals surface area (Å²) in [5.41, 5.74) is 1.69. The van der Waals surface area contributed by atoms with E-state index in [1.165, 1.54) is 6.08 Å². The van der Waals surface area contributed by atoms with Crippen molar-refractivity contribution < 1.29 is 9.59 Å². The SMILES string of the molecule is CCC1=C(CC)C(=O)C(=O)C=C1. The second-order valence-corrected chi connectivity index (χ2v) is 2.74. The van der Waals surface area contributed by atoms with Gasteiger partial charge in [0.25, 0.3) is 0 Å². The van der Waals surface area contributed by atoms with Crippen LogP contribution in [0.3, 0.4) is 0 Å². The van der Waals surface area contributed by atoms with Gasteiger partial charge < -0.3 is 0 Å². The Balaban J connectivity index is 3.09. The van der Waals surface area contributed by atoms with Crippen molar-refractivity contribution in [1.29, 1.82) is 0 Å². The molecule has 0 heterocycles. The zero-order valence-corrected chi connectivity index (χ0v) is 7.39. The molecular weight excluding hydrogens is 152 g/mol. The molecule has 1 aliphatic rings. The smallest absolute Gasteiger partial charge is 0.229 e. The van der Waals surface area contributed by atoms with Gasteiger partial charge in [-0.3, -0.25) is 9.59 Å². The van der Waals surface area contributed by atoms with E-state index in [1.807, 2.05) is 13.8 Å². The summed E-state index contributed by atoms with van der Waals surface area (Å²) in [5.74, 6) is -0.707. The standard InChI is InChI=1S/C10H12O2/c1-3-7-5-6-9(11)10(12)8(7)4-2/h5-6H,3-4H2,1-2H3. The zero-order chi connectivity index (χ0) is 9.14. The Labute approximate surface area is 72.0 Å². The van der Waals surface area contributed by atoms with Gasteiger partial charge in [-0.15, -0.1) is 0 Å². The summed E-state index contributed by atoms with van der Waals surface area (Å²) < 4.78 is 0. The summed E-state index contributed by atoms with van der Waals surface area (Å²) in [5, 5.41) is 0. The minimum absolute atomic E-state index is 0.322. The fraction of sp³-hybridized carbons (Fsp3) is 0.400. The average Bonchev–Trinajstić information content (AvgIpc) is 2.09. The van der Waals surface area contributed by atoms with Crippen molar-refractivity contribution in [2.45, 2.75) is 26.7 Å². The number of rotatable bonds is 2. The van der Waals surface area contributed by atoms with Gasteiger partial charge in [0.1, 0.15) is 0 Å². The van der Waals surface area contributed by atoms with E-state index < -0.39 is 0 Å². The van der Waals surface area contributed by atoms with Crippen LogP contribution in [0.25, 0.3) is 0 Å². The first-order chi connectivity index (χ1) is 5.70. The molecule has 2 heteroatoms. The van der Waals surface area contributed by atoms with Gasteiger partial charge >= 0.3 is 0 Å². The second kappa shape index (κ2) is 3.48. The van der Waals surface area contributed by atoms with E-state index in [-0.39, 0.29) is 11.6 Å². The molecule has 0 radical (unpaired) electrons. The van der Waals surface area contributed by atoms with Gasteiger partial charge in [0, 0.05) is 5.57 Å². The third kappa shape index (κ3) is 1.37. The quantitative estimate of drug-likeness (QED) is 0.460. The third-order valence-electron chi connectivity index (χ3n) is 2.06. The summed E-state index contributed by atoms with van der Waals surface area (Å²) in [6.07, 6.45) is 4.58. The molecule has 1 aliphatic carbocycles. The van der Waals surface area contributed by atoms with Crippen LogP contribution < -0.4 is 0 Å². The van der Waals surface area contributed by atoms with Crippen molar-refractivity contribution in [3.63, 3.8) is 0 Å². The molecule has 2 nitrogen and oxygen atoms in total. The lowest BCUT2D eigenvalue weighted by atomic mass is 9.92. The largest absolute Gasteiger partial charge is 0.286 e. The fourth-order valence-corrected chi connectivity index (χ4v) is 1.37. The average molecular weight is 164 g/mol. The van der Waals surface area contributed by atoms with Gasteiger partial charge in [-0.2, -0.15) is 0 Å². The Bertz CT molecular complexity index is 282. The lowest BCUT2D eigenvalue weighted by Gasteiger charge is -2.10. The molecular formula is C10H12O2. The van der Waals surface area contributed by atoms with Crippen LogP contribution in [0.4, 0.5) is 0 Å². The molecule has 12 heavy (non-hydrogen) atoms. The highest BCUT2D eigenvalue weighted by molar-refractivity contribution is 6.48. The molecule has 0 spiro atoms. The Kier molecular flexibility index (Phi) is 2.58. The van der Waals surface area contributed by atoms with E-state index in [2.05, 4.69) is 0 Å². The van der Waals surface area contributed by atoms with Crippen LogP contribution in [0.2, 0.25) is 0 Å². The number of Topliss-reactive ketones (excluding diaryl/α,β-unsaturated/α-hetero) is 1. The van der Waals surface area contributed by atoms with E-state index in [9.17, 15) is 9.59 Å². The number of hydrogen-bond acceptors (Lipinski definition) is 2. The molecule has 0 N–H and O–H groups in total. The first-order valence-corrected chi connectivity index (χ1v) is 4.19. The minimum atomic E-state index is -0.385. The topological polar surface area (TPSA) is 34.1 Å². The maximum atomic E-state index is 11.3. The molecule has 1 rings (SSSR count). The van der Waals surface area contributed by atoms with E-state index in [0.29, 0.717) is 12.0 Å². The van der Waals surface area contributed by atoms with Crippen molar-refractivity contribution in [2.75, 3.05) is 0 Å². The minimum Gasteiger partial charge on any atom is -0.286 e. The zero-order valence-electron chi connectivity index (χ0n) is 7.39. The van der Waals surface area contributed by atoms with Crippen LogP contribution in [-0.4, -0.2) is 11.6 Å². The molecule has 0 atom stereocenters. The highest BCUT2D eigenvalue weighted by Gasteiger charge is 2.20. The molecule has 0 bridgehead atoms. The van der Waals surface area contributed by atoms with E-state index in [4.69, 9.17) is 0 Å². The highest BCUT2D eigenvalue weighted by atomic mass is 16.2. The van der Waals surface area contributed by atoms with Crippen molar-refractivity contribution in [3.8, 4) is 0 Å². The van der Waals surface area contributed by atoms with Gasteiger partial charge in [0.15, 0.2) is 0 Å². The summed E-state index contributed by atoms with van der Waals surface area (Å²) in [6.45, 7) is 3.88. The van der Waals surface area contributed by atoms with Gasteiger partial charge in [0.05, 0.1) is 0 Å². The molecule has 0 aromatic carbocycles. The van der Waals surface area contributed by atoms with E-state index in [1.54, 1.807) is 6.08 Å². The first-order valence-electron chi connectivity index (χ1n) is 4.19. The second-order valence-electron chi connectivity index (χ2n) is 2.74. The maximum absolute atomic E-state index is 11.3. The van der Waals surface area contributed by atoms with Gasteiger partial charge in [0.2, 0.25) is 11.6 Å². The molecule has 0 amide bonds. The van der Waals surface area contributed by atoms with Crippen LogP contribution in [0.15, 0.2) is 23.3 Å². The Morgan fingerprint density at radius 1 is 1.08 bits per heavy atom. The predicted octanol–water partition coefficient (Wildman–Crippen LogP) is 1.81. The van der Waals surface area contributed by atoms with Gasteiger partial charge in [-0.25, -0.2) is 0 Å². The van der Waals surface area contributed by atoms with Gasteiger partial charge in [-0.1, -0.05) is 19.9 Å².